The van der Waals surface area contributed by atoms with E-state index in [1.807, 2.05) is 0 Å². The van der Waals surface area contributed by atoms with E-state index in [0.29, 0.717) is 6.07 Å². The SMILES string of the molecule is O=C([O-])[C@H](O)c1ccc(F)c(F)c1. The van der Waals surface area contributed by atoms with Crippen LogP contribution >= 0.6 is 0 Å². The second-order valence-corrected chi connectivity index (χ2v) is 2.40. The zero-order valence-corrected chi connectivity index (χ0v) is 6.33. The van der Waals surface area contributed by atoms with Gasteiger partial charge in [-0.15, -0.1) is 0 Å². The van der Waals surface area contributed by atoms with Crippen LogP contribution in [-0.4, -0.2) is 11.1 Å². The molecule has 5 heteroatoms. The van der Waals surface area contributed by atoms with Gasteiger partial charge in [0.2, 0.25) is 0 Å². The zero-order valence-electron chi connectivity index (χ0n) is 6.33. The number of benzene rings is 1. The van der Waals surface area contributed by atoms with Gasteiger partial charge < -0.3 is 15.0 Å². The fourth-order valence-corrected chi connectivity index (χ4v) is 0.819. The van der Waals surface area contributed by atoms with E-state index in [4.69, 9.17) is 5.11 Å². The highest BCUT2D eigenvalue weighted by atomic mass is 19.2. The number of carboxylic acids is 1. The normalized spacial score (nSPS) is 12.5. The molecule has 0 bridgehead atoms. The average Bonchev–Trinajstić information content (AvgIpc) is 2.08. The van der Waals surface area contributed by atoms with Gasteiger partial charge in [0.1, 0.15) is 6.10 Å². The van der Waals surface area contributed by atoms with E-state index in [1.54, 1.807) is 0 Å². The van der Waals surface area contributed by atoms with Crippen molar-refractivity contribution in [3.8, 4) is 0 Å². The lowest BCUT2D eigenvalue weighted by Gasteiger charge is -2.11. The molecule has 0 aromatic heterocycles. The average molecular weight is 187 g/mol. The van der Waals surface area contributed by atoms with E-state index in [-0.39, 0.29) is 5.56 Å². The minimum Gasteiger partial charge on any atom is -0.547 e. The van der Waals surface area contributed by atoms with Gasteiger partial charge >= 0.3 is 0 Å². The van der Waals surface area contributed by atoms with Crippen LogP contribution in [0.5, 0.6) is 0 Å². The van der Waals surface area contributed by atoms with Crippen LogP contribution in [0.25, 0.3) is 0 Å². The number of halogens is 2. The van der Waals surface area contributed by atoms with Crippen LogP contribution in [0.1, 0.15) is 11.7 Å². The fraction of sp³-hybridized carbons (Fsp3) is 0.125. The van der Waals surface area contributed by atoms with E-state index < -0.39 is 23.7 Å². The third-order valence-corrected chi connectivity index (χ3v) is 1.48. The Morgan fingerprint density at radius 2 is 2.00 bits per heavy atom. The van der Waals surface area contributed by atoms with E-state index in [2.05, 4.69) is 0 Å². The largest absolute Gasteiger partial charge is 0.547 e. The summed E-state index contributed by atoms with van der Waals surface area (Å²) in [5, 5.41) is 19.0. The van der Waals surface area contributed by atoms with E-state index >= 15 is 0 Å². The first kappa shape index (κ1) is 9.60. The first-order valence-corrected chi connectivity index (χ1v) is 3.36. The first-order chi connectivity index (χ1) is 6.02. The molecule has 13 heavy (non-hydrogen) atoms. The summed E-state index contributed by atoms with van der Waals surface area (Å²) in [7, 11) is 0. The van der Waals surface area contributed by atoms with Gasteiger partial charge in [-0.1, -0.05) is 6.07 Å². The maximum Gasteiger partial charge on any atom is 0.159 e. The molecule has 0 heterocycles. The van der Waals surface area contributed by atoms with E-state index in [9.17, 15) is 18.7 Å². The Bertz CT molecular complexity index is 338. The molecule has 0 aliphatic rings. The predicted octanol–water partition coefficient (Wildman–Crippen LogP) is -0.252. The first-order valence-electron chi connectivity index (χ1n) is 3.36. The van der Waals surface area contributed by atoms with Crippen molar-refractivity contribution >= 4 is 5.97 Å². The summed E-state index contributed by atoms with van der Waals surface area (Å²) in [4.78, 5) is 10.1. The molecular formula is C8H5F2O3-. The molecule has 1 aromatic rings. The van der Waals surface area contributed by atoms with Gasteiger partial charge in [0, 0.05) is 0 Å². The van der Waals surface area contributed by atoms with Gasteiger partial charge in [0.25, 0.3) is 0 Å². The Hall–Kier alpha value is -1.49. The van der Waals surface area contributed by atoms with E-state index in [1.165, 1.54) is 0 Å². The number of hydrogen-bond acceptors (Lipinski definition) is 3. The number of rotatable bonds is 2. The Morgan fingerprint density at radius 1 is 1.38 bits per heavy atom. The third kappa shape index (κ3) is 2.00. The lowest BCUT2D eigenvalue weighted by Crippen LogP contribution is -2.29. The van der Waals surface area contributed by atoms with Gasteiger partial charge in [0.15, 0.2) is 11.6 Å². The summed E-state index contributed by atoms with van der Waals surface area (Å²) in [6.07, 6.45) is -1.94. The van der Waals surface area contributed by atoms with Crippen molar-refractivity contribution in [2.24, 2.45) is 0 Å². The molecule has 0 saturated carbocycles. The van der Waals surface area contributed by atoms with Crippen LogP contribution in [0.3, 0.4) is 0 Å². The van der Waals surface area contributed by atoms with Crippen molar-refractivity contribution in [2.45, 2.75) is 6.10 Å². The van der Waals surface area contributed by atoms with Crippen molar-refractivity contribution in [1.82, 2.24) is 0 Å². The second-order valence-electron chi connectivity index (χ2n) is 2.40. The summed E-state index contributed by atoms with van der Waals surface area (Å²) < 4.78 is 24.8. The van der Waals surface area contributed by atoms with Crippen molar-refractivity contribution in [2.75, 3.05) is 0 Å². The van der Waals surface area contributed by atoms with Crippen LogP contribution in [0.15, 0.2) is 18.2 Å². The Morgan fingerprint density at radius 3 is 2.46 bits per heavy atom. The molecular weight excluding hydrogens is 182 g/mol. The molecule has 1 rings (SSSR count). The summed E-state index contributed by atoms with van der Waals surface area (Å²) in [5.41, 5.74) is -0.251. The van der Waals surface area contributed by atoms with Crippen molar-refractivity contribution in [1.29, 1.82) is 0 Å². The van der Waals surface area contributed by atoms with Gasteiger partial charge in [-0.2, -0.15) is 0 Å². The number of carbonyl (C=O) groups excluding carboxylic acids is 1. The van der Waals surface area contributed by atoms with E-state index in [0.717, 1.165) is 12.1 Å². The van der Waals surface area contributed by atoms with Gasteiger partial charge in [0.05, 0.1) is 5.97 Å². The molecule has 70 valence electrons. The molecule has 0 unspecified atom stereocenters. The van der Waals surface area contributed by atoms with Crippen molar-refractivity contribution in [3.05, 3.63) is 35.4 Å². The third-order valence-electron chi connectivity index (χ3n) is 1.48. The Labute approximate surface area is 72.2 Å². The Kier molecular flexibility index (Phi) is 2.57. The highest BCUT2D eigenvalue weighted by Gasteiger charge is 2.10. The van der Waals surface area contributed by atoms with Crippen molar-refractivity contribution in [3.63, 3.8) is 0 Å². The molecule has 0 saturated heterocycles. The molecule has 1 aromatic carbocycles. The number of aliphatic hydroxyl groups excluding tert-OH is 1. The number of aliphatic hydroxyl groups is 1. The molecule has 3 nitrogen and oxygen atoms in total. The number of hydrogen-bond donors (Lipinski definition) is 1. The molecule has 0 spiro atoms. The summed E-state index contributed by atoms with van der Waals surface area (Å²) in [5.74, 6) is -4.07. The summed E-state index contributed by atoms with van der Waals surface area (Å²) >= 11 is 0. The van der Waals surface area contributed by atoms with Crippen LogP contribution < -0.4 is 5.11 Å². The highest BCUT2D eigenvalue weighted by Crippen LogP contribution is 2.15. The van der Waals surface area contributed by atoms with Crippen molar-refractivity contribution < 1.29 is 23.8 Å². The van der Waals surface area contributed by atoms with Gasteiger partial charge in [-0.25, -0.2) is 8.78 Å². The van der Waals surface area contributed by atoms with Gasteiger partial charge in [-0.05, 0) is 17.7 Å². The lowest BCUT2D eigenvalue weighted by molar-refractivity contribution is -0.315. The monoisotopic (exact) mass is 187 g/mol. The number of aliphatic carboxylic acids is 1. The minimum absolute atomic E-state index is 0.251. The quantitative estimate of drug-likeness (QED) is 0.694. The molecule has 0 fully saturated rings. The highest BCUT2D eigenvalue weighted by molar-refractivity contribution is 5.71. The van der Waals surface area contributed by atoms with Crippen LogP contribution in [-0.2, 0) is 4.79 Å². The molecule has 0 amide bonds. The lowest BCUT2D eigenvalue weighted by atomic mass is 10.1. The molecule has 0 aliphatic heterocycles. The smallest absolute Gasteiger partial charge is 0.159 e. The van der Waals surface area contributed by atoms with Crippen LogP contribution in [0, 0.1) is 11.6 Å². The number of carbonyl (C=O) groups is 1. The fourth-order valence-electron chi connectivity index (χ4n) is 0.819. The molecule has 1 atom stereocenters. The van der Waals surface area contributed by atoms with Crippen LogP contribution in [0.2, 0.25) is 0 Å². The number of carboxylic acid groups (broad SMARTS) is 1. The Balaban J connectivity index is 3.03. The standard InChI is InChI=1S/C8H6F2O3/c9-5-2-1-4(3-6(5)10)7(11)8(12)13/h1-3,7,11H,(H,12,13)/p-1/t7-/m1/s1. The minimum atomic E-state index is -1.94. The van der Waals surface area contributed by atoms with Crippen LogP contribution in [0.4, 0.5) is 8.78 Å². The zero-order chi connectivity index (χ0) is 10.0. The molecule has 0 aliphatic carbocycles. The molecule has 1 N–H and O–H groups in total. The summed E-state index contributed by atoms with van der Waals surface area (Å²) in [6.45, 7) is 0. The molecule has 0 radical (unpaired) electrons. The second kappa shape index (κ2) is 3.49. The maximum atomic E-state index is 12.5. The van der Waals surface area contributed by atoms with Gasteiger partial charge in [-0.3, -0.25) is 0 Å². The topological polar surface area (TPSA) is 60.4 Å². The summed E-state index contributed by atoms with van der Waals surface area (Å²) in [6, 6.07) is 2.31. The predicted molar refractivity (Wildman–Crippen MR) is 36.3 cm³/mol. The maximum absolute atomic E-state index is 12.5.